The van der Waals surface area contributed by atoms with Gasteiger partial charge in [-0.3, -0.25) is 13.9 Å². The molecule has 190 valence electrons. The molecule has 1 N–H and O–H groups in total. The molecule has 1 aliphatic carbocycles. The summed E-state index contributed by atoms with van der Waals surface area (Å²) in [7, 11) is -3.74. The van der Waals surface area contributed by atoms with E-state index in [0.29, 0.717) is 12.1 Å². The number of hydrogen-bond acceptors (Lipinski definition) is 4. The lowest BCUT2D eigenvalue weighted by atomic mass is 10.1. The quantitative estimate of drug-likeness (QED) is 0.537. The molecule has 0 aromatic heterocycles. The number of amides is 2. The Morgan fingerprint density at radius 2 is 1.71 bits per heavy atom. The van der Waals surface area contributed by atoms with E-state index in [1.807, 2.05) is 63.2 Å². The Balaban J connectivity index is 1.93. The molecular weight excluding hydrogens is 462 g/mol. The zero-order valence-electron chi connectivity index (χ0n) is 21.2. The average Bonchev–Trinajstić information content (AvgIpc) is 3.32. The molecular formula is C27H37N3O4S. The van der Waals surface area contributed by atoms with Gasteiger partial charge in [0.2, 0.25) is 21.8 Å². The van der Waals surface area contributed by atoms with Crippen molar-refractivity contribution in [1.29, 1.82) is 0 Å². The van der Waals surface area contributed by atoms with Gasteiger partial charge >= 0.3 is 0 Å². The fourth-order valence-corrected chi connectivity index (χ4v) is 5.55. The predicted molar refractivity (Wildman–Crippen MR) is 140 cm³/mol. The summed E-state index contributed by atoms with van der Waals surface area (Å²) in [5, 5.41) is 3.12. The van der Waals surface area contributed by atoms with E-state index >= 15 is 0 Å². The van der Waals surface area contributed by atoms with E-state index in [1.165, 1.54) is 4.90 Å². The molecule has 0 spiro atoms. The summed E-state index contributed by atoms with van der Waals surface area (Å²) in [6.45, 7) is 5.43. The maximum atomic E-state index is 13.8. The predicted octanol–water partition coefficient (Wildman–Crippen LogP) is 3.94. The zero-order valence-corrected chi connectivity index (χ0v) is 22.0. The number of anilines is 1. The van der Waals surface area contributed by atoms with Crippen molar-refractivity contribution in [3.8, 4) is 0 Å². The fourth-order valence-electron chi connectivity index (χ4n) is 4.65. The molecule has 3 rings (SSSR count). The summed E-state index contributed by atoms with van der Waals surface area (Å²) >= 11 is 0. The summed E-state index contributed by atoms with van der Waals surface area (Å²) in [5.74, 6) is -0.588. The molecule has 0 radical (unpaired) electrons. The van der Waals surface area contributed by atoms with E-state index in [0.717, 1.165) is 52.9 Å². The molecule has 0 unspecified atom stereocenters. The number of nitrogens with one attached hydrogen (secondary N) is 1. The maximum Gasteiger partial charge on any atom is 0.244 e. The Labute approximate surface area is 209 Å². The van der Waals surface area contributed by atoms with Crippen LogP contribution < -0.4 is 9.62 Å². The highest BCUT2D eigenvalue weighted by Crippen LogP contribution is 2.25. The minimum atomic E-state index is -3.74. The highest BCUT2D eigenvalue weighted by molar-refractivity contribution is 7.92. The molecule has 0 heterocycles. The molecule has 0 bridgehead atoms. The van der Waals surface area contributed by atoms with Crippen LogP contribution in [0.2, 0.25) is 0 Å². The Morgan fingerprint density at radius 3 is 2.31 bits per heavy atom. The summed E-state index contributed by atoms with van der Waals surface area (Å²) in [4.78, 5) is 28.6. The van der Waals surface area contributed by atoms with Gasteiger partial charge in [-0.1, -0.05) is 62.2 Å². The van der Waals surface area contributed by atoms with Gasteiger partial charge in [0.1, 0.15) is 12.6 Å². The minimum Gasteiger partial charge on any atom is -0.352 e. The third-order valence-corrected chi connectivity index (χ3v) is 7.72. The van der Waals surface area contributed by atoms with E-state index < -0.39 is 22.0 Å². The summed E-state index contributed by atoms with van der Waals surface area (Å²) in [6, 6.07) is 14.4. The van der Waals surface area contributed by atoms with Gasteiger partial charge in [0.05, 0.1) is 11.9 Å². The van der Waals surface area contributed by atoms with Crippen molar-refractivity contribution in [2.24, 2.45) is 0 Å². The monoisotopic (exact) mass is 499 g/mol. The molecule has 2 amide bonds. The molecule has 2 aromatic rings. The van der Waals surface area contributed by atoms with Crippen LogP contribution in [0.3, 0.4) is 0 Å². The number of hydrogen-bond donors (Lipinski definition) is 1. The molecule has 0 aliphatic heterocycles. The smallest absolute Gasteiger partial charge is 0.244 e. The lowest BCUT2D eigenvalue weighted by Gasteiger charge is -2.33. The standard InChI is InChI=1S/C27H37N3O4S/c1-5-24(27(32)28-23-13-9-10-14-23)29(18-22-11-7-6-8-12-22)26(31)19-30(35(4,33)34)25-17-20(2)15-16-21(25)3/h6-8,11-12,15-17,23-24H,5,9-10,13-14,18-19H2,1-4H3,(H,28,32)/t24-/m0/s1. The van der Waals surface area contributed by atoms with Crippen molar-refractivity contribution in [3.05, 3.63) is 65.2 Å². The SMILES string of the molecule is CC[C@@H](C(=O)NC1CCCC1)N(Cc1ccccc1)C(=O)CN(c1cc(C)ccc1C)S(C)(=O)=O. The van der Waals surface area contributed by atoms with E-state index in [-0.39, 0.29) is 25.0 Å². The van der Waals surface area contributed by atoms with Crippen LogP contribution in [0.1, 0.15) is 55.7 Å². The van der Waals surface area contributed by atoms with Gasteiger partial charge in [-0.25, -0.2) is 8.42 Å². The summed E-state index contributed by atoms with van der Waals surface area (Å²) in [5.41, 5.74) is 3.01. The van der Waals surface area contributed by atoms with Crippen LogP contribution in [0, 0.1) is 13.8 Å². The lowest BCUT2D eigenvalue weighted by Crippen LogP contribution is -2.53. The van der Waals surface area contributed by atoms with E-state index in [1.54, 1.807) is 6.07 Å². The lowest BCUT2D eigenvalue weighted by molar-refractivity contribution is -0.140. The zero-order chi connectivity index (χ0) is 25.6. The molecule has 1 fully saturated rings. The Kier molecular flexibility index (Phi) is 8.94. The molecule has 2 aromatic carbocycles. The third-order valence-electron chi connectivity index (χ3n) is 6.60. The minimum absolute atomic E-state index is 0.132. The van der Waals surface area contributed by atoms with Crippen molar-refractivity contribution in [1.82, 2.24) is 10.2 Å². The largest absolute Gasteiger partial charge is 0.352 e. The second-order valence-corrected chi connectivity index (χ2v) is 11.4. The number of benzene rings is 2. The number of carbonyl (C=O) groups excluding carboxylic acids is 2. The summed E-state index contributed by atoms with van der Waals surface area (Å²) in [6.07, 6.45) is 5.61. The van der Waals surface area contributed by atoms with Crippen molar-refractivity contribution in [3.63, 3.8) is 0 Å². The van der Waals surface area contributed by atoms with Gasteiger partial charge in [-0.15, -0.1) is 0 Å². The Morgan fingerprint density at radius 1 is 1.06 bits per heavy atom. The highest BCUT2D eigenvalue weighted by atomic mass is 32.2. The first-order valence-electron chi connectivity index (χ1n) is 12.3. The number of carbonyl (C=O) groups is 2. The fraction of sp³-hybridized carbons (Fsp3) is 0.481. The molecule has 1 saturated carbocycles. The van der Waals surface area contributed by atoms with Crippen molar-refractivity contribution in [2.75, 3.05) is 17.1 Å². The molecule has 1 aliphatic rings. The summed E-state index contributed by atoms with van der Waals surface area (Å²) < 4.78 is 26.7. The van der Waals surface area contributed by atoms with Crippen LogP contribution in [0.25, 0.3) is 0 Å². The maximum absolute atomic E-state index is 13.8. The van der Waals surface area contributed by atoms with Crippen LogP contribution in [-0.4, -0.2) is 50.0 Å². The van der Waals surface area contributed by atoms with Gasteiger partial charge in [-0.2, -0.15) is 0 Å². The second kappa shape index (κ2) is 11.7. The molecule has 8 heteroatoms. The van der Waals surface area contributed by atoms with Crippen LogP contribution in [-0.2, 0) is 26.2 Å². The van der Waals surface area contributed by atoms with Crippen molar-refractivity contribution >= 4 is 27.5 Å². The number of nitrogens with zero attached hydrogens (tertiary/aromatic N) is 2. The highest BCUT2D eigenvalue weighted by Gasteiger charge is 2.33. The normalized spacial score (nSPS) is 15.0. The first-order chi connectivity index (χ1) is 16.6. The van der Waals surface area contributed by atoms with Crippen molar-refractivity contribution < 1.29 is 18.0 Å². The first kappa shape index (κ1) is 26.7. The first-order valence-corrected chi connectivity index (χ1v) is 14.1. The second-order valence-electron chi connectivity index (χ2n) is 9.48. The third kappa shape index (κ3) is 7.07. The number of rotatable bonds is 10. The van der Waals surface area contributed by atoms with Gasteiger partial charge in [0, 0.05) is 12.6 Å². The van der Waals surface area contributed by atoms with Crippen LogP contribution in [0.4, 0.5) is 5.69 Å². The van der Waals surface area contributed by atoms with Crippen molar-refractivity contribution in [2.45, 2.75) is 71.5 Å². The Hall–Kier alpha value is -2.87. The molecule has 35 heavy (non-hydrogen) atoms. The van der Waals surface area contributed by atoms with Gasteiger partial charge in [0.25, 0.3) is 0 Å². The van der Waals surface area contributed by atoms with Crippen LogP contribution >= 0.6 is 0 Å². The molecule has 1 atom stereocenters. The molecule has 7 nitrogen and oxygen atoms in total. The number of aryl methyl sites for hydroxylation is 2. The van der Waals surface area contributed by atoms with Gasteiger partial charge in [0.15, 0.2) is 0 Å². The average molecular weight is 500 g/mol. The molecule has 0 saturated heterocycles. The van der Waals surface area contributed by atoms with E-state index in [2.05, 4.69) is 5.32 Å². The van der Waals surface area contributed by atoms with Crippen LogP contribution in [0.5, 0.6) is 0 Å². The van der Waals surface area contributed by atoms with Gasteiger partial charge in [-0.05, 0) is 55.9 Å². The number of sulfonamides is 1. The Bertz CT molecular complexity index is 1130. The van der Waals surface area contributed by atoms with E-state index in [9.17, 15) is 18.0 Å². The topological polar surface area (TPSA) is 86.8 Å². The van der Waals surface area contributed by atoms with Crippen LogP contribution in [0.15, 0.2) is 48.5 Å². The van der Waals surface area contributed by atoms with E-state index in [4.69, 9.17) is 0 Å². The van der Waals surface area contributed by atoms with Gasteiger partial charge < -0.3 is 10.2 Å².